The zero-order valence-corrected chi connectivity index (χ0v) is 14.3. The van der Waals surface area contributed by atoms with Crippen LogP contribution in [0.2, 0.25) is 0 Å². The van der Waals surface area contributed by atoms with Crippen LogP contribution in [0, 0.1) is 0 Å². The van der Waals surface area contributed by atoms with Crippen molar-refractivity contribution in [2.75, 3.05) is 27.8 Å². The first-order valence-corrected chi connectivity index (χ1v) is 8.11. The summed E-state index contributed by atoms with van der Waals surface area (Å²) in [6, 6.07) is 9.50. The van der Waals surface area contributed by atoms with Crippen molar-refractivity contribution in [3.63, 3.8) is 0 Å². The molecule has 2 atom stereocenters. The molecule has 1 aliphatic heterocycles. The fourth-order valence-electron chi connectivity index (χ4n) is 3.48. The third-order valence-corrected chi connectivity index (χ3v) is 4.88. The first-order chi connectivity index (χ1) is 11.5. The second kappa shape index (κ2) is 6.61. The monoisotopic (exact) mass is 330 g/mol. The predicted molar refractivity (Wildman–Crippen MR) is 91.2 cm³/mol. The van der Waals surface area contributed by atoms with Crippen LogP contribution >= 0.6 is 0 Å². The number of rotatable bonds is 4. The highest BCUT2D eigenvalue weighted by Gasteiger charge is 2.30. The minimum absolute atomic E-state index is 0.154. The van der Waals surface area contributed by atoms with Crippen molar-refractivity contribution in [3.05, 3.63) is 47.0 Å². The molecule has 1 unspecified atom stereocenters. The van der Waals surface area contributed by atoms with E-state index < -0.39 is 0 Å². The van der Waals surface area contributed by atoms with Crippen molar-refractivity contribution in [1.82, 2.24) is 0 Å². The van der Waals surface area contributed by atoms with E-state index in [1.54, 1.807) is 26.4 Å². The molecule has 128 valence electrons. The molecule has 0 aliphatic carbocycles. The molecule has 2 aromatic rings. The number of aromatic hydroxyl groups is 2. The normalized spacial score (nSPS) is 19.6. The van der Waals surface area contributed by atoms with E-state index in [-0.39, 0.29) is 17.5 Å². The van der Waals surface area contributed by atoms with Gasteiger partial charge in [0.1, 0.15) is 6.04 Å². The van der Waals surface area contributed by atoms with E-state index in [4.69, 9.17) is 9.47 Å². The molecule has 0 fully saturated rings. The van der Waals surface area contributed by atoms with Crippen LogP contribution in [0.4, 0.5) is 0 Å². The summed E-state index contributed by atoms with van der Waals surface area (Å²) in [5, 5.41) is 20.2. The smallest absolute Gasteiger partial charge is 0.160 e. The molecule has 0 saturated heterocycles. The van der Waals surface area contributed by atoms with Crippen molar-refractivity contribution in [2.45, 2.75) is 18.9 Å². The Kier molecular flexibility index (Phi) is 4.53. The molecular formula is C19H24NO4+. The number of benzene rings is 2. The van der Waals surface area contributed by atoms with Crippen molar-refractivity contribution in [2.24, 2.45) is 0 Å². The quantitative estimate of drug-likeness (QED) is 0.794. The van der Waals surface area contributed by atoms with E-state index in [1.807, 2.05) is 18.2 Å². The zero-order chi connectivity index (χ0) is 17.3. The molecule has 0 radical (unpaired) electrons. The van der Waals surface area contributed by atoms with Crippen molar-refractivity contribution in [3.8, 4) is 23.0 Å². The molecule has 0 bridgehead atoms. The van der Waals surface area contributed by atoms with Gasteiger partial charge in [0.25, 0.3) is 0 Å². The second-order valence-electron chi connectivity index (χ2n) is 6.33. The van der Waals surface area contributed by atoms with Gasteiger partial charge in [-0.2, -0.15) is 0 Å². The lowest BCUT2D eigenvalue weighted by molar-refractivity contribution is -0.914. The Hall–Kier alpha value is -2.40. The lowest BCUT2D eigenvalue weighted by atomic mass is 9.88. The molecular weight excluding hydrogens is 306 g/mol. The van der Waals surface area contributed by atoms with Gasteiger partial charge in [0.05, 0.1) is 27.8 Å². The fourth-order valence-corrected chi connectivity index (χ4v) is 3.48. The summed E-state index contributed by atoms with van der Waals surface area (Å²) in [7, 11) is 5.28. The lowest BCUT2D eigenvalue weighted by Gasteiger charge is -2.32. The number of likely N-dealkylation sites (N-methyl/N-ethyl adjacent to an activating group) is 1. The second-order valence-corrected chi connectivity index (χ2v) is 6.33. The number of hydrogen-bond donors (Lipinski definition) is 3. The van der Waals surface area contributed by atoms with Crippen LogP contribution in [0.25, 0.3) is 0 Å². The summed E-state index contributed by atoms with van der Waals surface area (Å²) in [4.78, 5) is 1.39. The van der Waals surface area contributed by atoms with E-state index in [9.17, 15) is 10.2 Å². The molecule has 5 heteroatoms. The summed E-state index contributed by atoms with van der Waals surface area (Å²) >= 11 is 0. The minimum Gasteiger partial charge on any atom is -0.504 e. The van der Waals surface area contributed by atoms with Gasteiger partial charge in [0.15, 0.2) is 23.0 Å². The molecule has 1 aliphatic rings. The molecule has 0 saturated carbocycles. The van der Waals surface area contributed by atoms with E-state index in [1.165, 1.54) is 10.5 Å². The summed E-state index contributed by atoms with van der Waals surface area (Å²) < 4.78 is 10.3. The molecule has 3 rings (SSSR count). The average molecular weight is 330 g/mol. The SMILES string of the molecule is COc1ccc(C[C@@H]2c3cc(O)c(OC)cc3CC[NH+]2C)cc1O. The summed E-state index contributed by atoms with van der Waals surface area (Å²) in [6.07, 6.45) is 1.74. The molecule has 5 nitrogen and oxygen atoms in total. The van der Waals surface area contributed by atoms with Crippen LogP contribution < -0.4 is 14.4 Å². The van der Waals surface area contributed by atoms with Crippen LogP contribution in [-0.2, 0) is 12.8 Å². The maximum atomic E-state index is 10.2. The highest BCUT2D eigenvalue weighted by Crippen LogP contribution is 2.35. The number of quaternary nitrogens is 1. The van der Waals surface area contributed by atoms with E-state index in [2.05, 4.69) is 7.05 Å². The number of nitrogens with one attached hydrogen (secondary N) is 1. The average Bonchev–Trinajstić information content (AvgIpc) is 2.57. The summed E-state index contributed by atoms with van der Waals surface area (Å²) in [5.74, 6) is 1.33. The Morgan fingerprint density at radius 1 is 1.04 bits per heavy atom. The van der Waals surface area contributed by atoms with Gasteiger partial charge >= 0.3 is 0 Å². The number of hydrogen-bond acceptors (Lipinski definition) is 4. The molecule has 24 heavy (non-hydrogen) atoms. The van der Waals surface area contributed by atoms with Gasteiger partial charge in [-0.25, -0.2) is 0 Å². The van der Waals surface area contributed by atoms with E-state index >= 15 is 0 Å². The van der Waals surface area contributed by atoms with Crippen molar-refractivity contribution < 1.29 is 24.6 Å². The number of phenolic OH excluding ortho intramolecular Hbond substituents is 2. The van der Waals surface area contributed by atoms with Crippen molar-refractivity contribution >= 4 is 0 Å². The Morgan fingerprint density at radius 2 is 1.75 bits per heavy atom. The Labute approximate surface area is 142 Å². The predicted octanol–water partition coefficient (Wildman–Crippen LogP) is 1.47. The topological polar surface area (TPSA) is 63.4 Å². The fraction of sp³-hybridized carbons (Fsp3) is 0.368. The zero-order valence-electron chi connectivity index (χ0n) is 14.3. The third kappa shape index (κ3) is 2.99. The number of phenols is 2. The lowest BCUT2D eigenvalue weighted by Crippen LogP contribution is -3.10. The molecule has 0 spiro atoms. The Bertz CT molecular complexity index is 744. The molecule has 3 N–H and O–H groups in total. The first kappa shape index (κ1) is 16.5. The first-order valence-electron chi connectivity index (χ1n) is 8.11. The molecule has 1 heterocycles. The standard InChI is InChI=1S/C19H23NO4/c1-20-7-6-13-10-19(24-3)17(22)11-14(13)15(20)8-12-4-5-18(23-2)16(21)9-12/h4-5,9-11,15,21-22H,6-8H2,1-3H3/p+1/t15-/m1/s1. The highest BCUT2D eigenvalue weighted by molar-refractivity contribution is 5.48. The maximum Gasteiger partial charge on any atom is 0.160 e. The Morgan fingerprint density at radius 3 is 2.42 bits per heavy atom. The number of ether oxygens (including phenoxy) is 2. The number of fused-ring (bicyclic) bond motifs is 1. The van der Waals surface area contributed by atoms with Gasteiger partial charge < -0.3 is 24.6 Å². The van der Waals surface area contributed by atoms with Crippen LogP contribution in [-0.4, -0.2) is 38.0 Å². The van der Waals surface area contributed by atoms with Crippen LogP contribution in [0.3, 0.4) is 0 Å². The largest absolute Gasteiger partial charge is 0.504 e. The van der Waals surface area contributed by atoms with Gasteiger partial charge in [-0.3, -0.25) is 0 Å². The maximum absolute atomic E-state index is 10.2. The van der Waals surface area contributed by atoms with Crippen LogP contribution in [0.1, 0.15) is 22.7 Å². The van der Waals surface area contributed by atoms with Gasteiger partial charge in [0, 0.05) is 18.4 Å². The van der Waals surface area contributed by atoms with Gasteiger partial charge in [-0.05, 0) is 35.4 Å². The minimum atomic E-state index is 0.154. The summed E-state index contributed by atoms with van der Waals surface area (Å²) in [5.41, 5.74) is 3.41. The Balaban J connectivity index is 1.94. The van der Waals surface area contributed by atoms with Gasteiger partial charge in [-0.15, -0.1) is 0 Å². The van der Waals surface area contributed by atoms with Crippen molar-refractivity contribution in [1.29, 1.82) is 0 Å². The van der Waals surface area contributed by atoms with Crippen LogP contribution in [0.15, 0.2) is 30.3 Å². The summed E-state index contributed by atoms with van der Waals surface area (Å²) in [6.45, 7) is 1.02. The number of methoxy groups -OCH3 is 2. The van der Waals surface area contributed by atoms with Crippen LogP contribution in [0.5, 0.6) is 23.0 Å². The van der Waals surface area contributed by atoms with Gasteiger partial charge in [-0.1, -0.05) is 6.07 Å². The van der Waals surface area contributed by atoms with E-state index in [0.29, 0.717) is 11.5 Å². The van der Waals surface area contributed by atoms with E-state index in [0.717, 1.165) is 30.5 Å². The third-order valence-electron chi connectivity index (χ3n) is 4.88. The molecule has 2 aromatic carbocycles. The molecule has 0 aromatic heterocycles. The molecule has 0 amide bonds. The van der Waals surface area contributed by atoms with Gasteiger partial charge in [0.2, 0.25) is 0 Å². The highest BCUT2D eigenvalue weighted by atomic mass is 16.5.